The highest BCUT2D eigenvalue weighted by molar-refractivity contribution is 5.97. The van der Waals surface area contributed by atoms with Crippen LogP contribution < -0.4 is 4.74 Å². The van der Waals surface area contributed by atoms with Gasteiger partial charge in [-0.05, 0) is 54.8 Å². The lowest BCUT2D eigenvalue weighted by atomic mass is 10.0. The van der Waals surface area contributed by atoms with Gasteiger partial charge in [-0.25, -0.2) is 0 Å². The smallest absolute Gasteiger partial charge is 0.254 e. The topological polar surface area (TPSA) is 62.7 Å². The van der Waals surface area contributed by atoms with Crippen molar-refractivity contribution >= 4 is 22.7 Å². The maximum absolute atomic E-state index is 13.4. The molecule has 0 bridgehead atoms. The number of nitrogens with zero attached hydrogens (tertiary/aromatic N) is 3. The van der Waals surface area contributed by atoms with E-state index in [1.165, 1.54) is 5.56 Å². The molecule has 0 radical (unpaired) electrons. The molecule has 182 valence electrons. The lowest BCUT2D eigenvalue weighted by molar-refractivity contribution is -0.139. The van der Waals surface area contributed by atoms with Crippen LogP contribution >= 0.6 is 0 Å². The average molecular weight is 480 g/mol. The molecule has 4 aromatic rings. The monoisotopic (exact) mass is 479 g/mol. The largest absolute Gasteiger partial charge is 0.497 e. The van der Waals surface area contributed by atoms with E-state index in [1.54, 1.807) is 36.3 Å². The van der Waals surface area contributed by atoms with Crippen LogP contribution in [0.25, 0.3) is 10.9 Å². The van der Waals surface area contributed by atoms with Crippen LogP contribution in [0.4, 0.5) is 0 Å². The molecular formula is C30H29N3O3. The highest BCUT2D eigenvalue weighted by Crippen LogP contribution is 2.22. The molecule has 1 aliphatic rings. The van der Waals surface area contributed by atoms with Gasteiger partial charge in [-0.2, -0.15) is 0 Å². The Labute approximate surface area is 211 Å². The Bertz CT molecular complexity index is 1360. The van der Waals surface area contributed by atoms with Crippen molar-refractivity contribution in [2.75, 3.05) is 20.2 Å². The molecule has 2 heterocycles. The number of hydrogen-bond donors (Lipinski definition) is 0. The Morgan fingerprint density at radius 2 is 1.69 bits per heavy atom. The lowest BCUT2D eigenvalue weighted by Gasteiger charge is -2.41. The first-order valence-corrected chi connectivity index (χ1v) is 12.2. The Morgan fingerprint density at radius 1 is 0.944 bits per heavy atom. The molecule has 1 saturated heterocycles. The van der Waals surface area contributed by atoms with E-state index in [0.29, 0.717) is 24.4 Å². The first-order chi connectivity index (χ1) is 17.6. The highest BCUT2D eigenvalue weighted by Gasteiger charge is 2.35. The van der Waals surface area contributed by atoms with Crippen LogP contribution in [0.5, 0.6) is 5.75 Å². The van der Waals surface area contributed by atoms with Crippen molar-refractivity contribution in [3.05, 3.63) is 108 Å². The van der Waals surface area contributed by atoms with Crippen LogP contribution in [-0.4, -0.2) is 52.8 Å². The van der Waals surface area contributed by atoms with Crippen molar-refractivity contribution in [1.82, 2.24) is 14.8 Å². The summed E-state index contributed by atoms with van der Waals surface area (Å²) in [5, 5.41) is 1.07. The Kier molecular flexibility index (Phi) is 6.94. The van der Waals surface area contributed by atoms with Crippen LogP contribution in [0.2, 0.25) is 0 Å². The van der Waals surface area contributed by atoms with Gasteiger partial charge in [-0.15, -0.1) is 0 Å². The SMILES string of the molecule is COc1ccc(C(=O)N2CC(=O)N(Cc3ccc4ccccc4n3)[C@@H](CCc3ccccc3)C2)cc1. The van der Waals surface area contributed by atoms with Gasteiger partial charge < -0.3 is 14.5 Å². The van der Waals surface area contributed by atoms with Crippen LogP contribution in [0, 0.1) is 0 Å². The van der Waals surface area contributed by atoms with Gasteiger partial charge in [-0.1, -0.05) is 54.6 Å². The third-order valence-electron chi connectivity index (χ3n) is 6.74. The van der Waals surface area contributed by atoms with Crippen LogP contribution in [0.1, 0.15) is 28.0 Å². The van der Waals surface area contributed by atoms with Gasteiger partial charge in [-0.3, -0.25) is 14.6 Å². The molecule has 1 fully saturated rings. The molecule has 0 aliphatic carbocycles. The summed E-state index contributed by atoms with van der Waals surface area (Å²) in [5.41, 5.74) is 3.53. The molecule has 2 amide bonds. The van der Waals surface area contributed by atoms with Crippen LogP contribution in [0.15, 0.2) is 91.0 Å². The quantitative estimate of drug-likeness (QED) is 0.385. The maximum Gasteiger partial charge on any atom is 0.254 e. The summed E-state index contributed by atoms with van der Waals surface area (Å²) in [6, 6.07) is 29.2. The van der Waals surface area contributed by atoms with Crippen molar-refractivity contribution in [2.24, 2.45) is 0 Å². The van der Waals surface area contributed by atoms with Gasteiger partial charge in [0, 0.05) is 17.5 Å². The van der Waals surface area contributed by atoms with Crippen LogP contribution in [-0.2, 0) is 17.8 Å². The highest BCUT2D eigenvalue weighted by atomic mass is 16.5. The number of benzene rings is 3. The number of fused-ring (bicyclic) bond motifs is 1. The number of rotatable bonds is 7. The molecule has 0 saturated carbocycles. The van der Waals surface area contributed by atoms with Gasteiger partial charge in [0.1, 0.15) is 12.3 Å². The summed E-state index contributed by atoms with van der Waals surface area (Å²) in [5.74, 6) is 0.492. The number of aryl methyl sites for hydroxylation is 1. The molecule has 1 aliphatic heterocycles. The van der Waals surface area contributed by atoms with E-state index in [2.05, 4.69) is 12.1 Å². The number of ether oxygens (including phenoxy) is 1. The van der Waals surface area contributed by atoms with Gasteiger partial charge in [0.05, 0.1) is 30.9 Å². The van der Waals surface area contributed by atoms with Gasteiger partial charge in [0.15, 0.2) is 0 Å². The summed E-state index contributed by atoms with van der Waals surface area (Å²) in [7, 11) is 1.59. The third kappa shape index (κ3) is 5.23. The number of carbonyl (C=O) groups is 2. The second-order valence-electron chi connectivity index (χ2n) is 9.11. The van der Waals surface area contributed by atoms with Crippen molar-refractivity contribution in [1.29, 1.82) is 0 Å². The number of piperazine rings is 1. The molecule has 5 rings (SSSR count). The van der Waals surface area contributed by atoms with Gasteiger partial charge >= 0.3 is 0 Å². The van der Waals surface area contributed by atoms with E-state index in [1.807, 2.05) is 59.5 Å². The lowest BCUT2D eigenvalue weighted by Crippen LogP contribution is -2.57. The zero-order valence-electron chi connectivity index (χ0n) is 20.3. The number of aromatic nitrogens is 1. The predicted octanol–water partition coefficient (Wildman–Crippen LogP) is 4.73. The average Bonchev–Trinajstić information content (AvgIpc) is 2.93. The molecule has 0 spiro atoms. The first-order valence-electron chi connectivity index (χ1n) is 12.2. The molecule has 0 N–H and O–H groups in total. The summed E-state index contributed by atoms with van der Waals surface area (Å²) >= 11 is 0. The molecular weight excluding hydrogens is 450 g/mol. The van der Waals surface area contributed by atoms with E-state index in [0.717, 1.165) is 29.4 Å². The second-order valence-corrected chi connectivity index (χ2v) is 9.11. The first kappa shape index (κ1) is 23.5. The van der Waals surface area contributed by atoms with E-state index in [-0.39, 0.29) is 24.4 Å². The maximum atomic E-state index is 13.4. The zero-order valence-corrected chi connectivity index (χ0v) is 20.3. The van der Waals surface area contributed by atoms with E-state index in [9.17, 15) is 9.59 Å². The molecule has 0 unspecified atom stereocenters. The molecule has 1 atom stereocenters. The number of carbonyl (C=O) groups excluding carboxylic acids is 2. The van der Waals surface area contributed by atoms with Gasteiger partial charge in [0.25, 0.3) is 5.91 Å². The molecule has 3 aromatic carbocycles. The fraction of sp³-hybridized carbons (Fsp3) is 0.233. The summed E-state index contributed by atoms with van der Waals surface area (Å²) < 4.78 is 5.21. The van der Waals surface area contributed by atoms with Crippen molar-refractivity contribution in [3.8, 4) is 5.75 Å². The fourth-order valence-electron chi connectivity index (χ4n) is 4.76. The predicted molar refractivity (Wildman–Crippen MR) is 140 cm³/mol. The molecule has 1 aromatic heterocycles. The molecule has 6 nitrogen and oxygen atoms in total. The van der Waals surface area contributed by atoms with Crippen molar-refractivity contribution in [2.45, 2.75) is 25.4 Å². The minimum absolute atomic E-state index is 0.0558. The molecule has 6 heteroatoms. The number of hydrogen-bond acceptors (Lipinski definition) is 4. The van der Waals surface area contributed by atoms with E-state index in [4.69, 9.17) is 9.72 Å². The van der Waals surface area contributed by atoms with E-state index < -0.39 is 0 Å². The molecule has 36 heavy (non-hydrogen) atoms. The number of pyridine rings is 1. The van der Waals surface area contributed by atoms with Crippen molar-refractivity contribution in [3.63, 3.8) is 0 Å². The zero-order chi connectivity index (χ0) is 24.9. The Balaban J connectivity index is 1.37. The minimum atomic E-state index is -0.140. The minimum Gasteiger partial charge on any atom is -0.497 e. The van der Waals surface area contributed by atoms with Gasteiger partial charge in [0.2, 0.25) is 5.91 Å². The fourth-order valence-corrected chi connectivity index (χ4v) is 4.76. The summed E-state index contributed by atoms with van der Waals surface area (Å²) in [4.78, 5) is 35.1. The Morgan fingerprint density at radius 3 is 2.47 bits per heavy atom. The van der Waals surface area contributed by atoms with Crippen molar-refractivity contribution < 1.29 is 14.3 Å². The Hall–Kier alpha value is -4.19. The summed E-state index contributed by atoms with van der Waals surface area (Å²) in [6.07, 6.45) is 1.58. The summed E-state index contributed by atoms with van der Waals surface area (Å²) in [6.45, 7) is 0.963. The second kappa shape index (κ2) is 10.6. The number of para-hydroxylation sites is 1. The van der Waals surface area contributed by atoms with Crippen LogP contribution in [0.3, 0.4) is 0 Å². The third-order valence-corrected chi connectivity index (χ3v) is 6.74. The number of methoxy groups -OCH3 is 1. The normalized spacial score (nSPS) is 15.8. The van der Waals surface area contributed by atoms with E-state index >= 15 is 0 Å². The standard InChI is InChI=1S/C30H29N3O3/c1-36-27-17-13-24(14-18-27)30(35)32-20-26(16-11-22-7-3-2-4-8-22)33(29(34)21-32)19-25-15-12-23-9-5-6-10-28(23)31-25/h2-10,12-15,17-18,26H,11,16,19-21H2,1H3/t26-/m0/s1. The number of amides is 2.